The van der Waals surface area contributed by atoms with Gasteiger partial charge in [0.05, 0.1) is 29.8 Å². The Hall–Kier alpha value is -4.18. The third-order valence-corrected chi connectivity index (χ3v) is 6.73. The molecule has 1 amide bonds. The molecule has 3 aromatic carbocycles. The van der Waals surface area contributed by atoms with Gasteiger partial charge >= 0.3 is 17.8 Å². The van der Waals surface area contributed by atoms with Gasteiger partial charge in [0.15, 0.2) is 0 Å². The maximum atomic E-state index is 13.5. The van der Waals surface area contributed by atoms with E-state index in [-0.39, 0.29) is 36.2 Å². The fourth-order valence-corrected chi connectivity index (χ4v) is 4.59. The van der Waals surface area contributed by atoms with Crippen LogP contribution in [0.1, 0.15) is 35.6 Å². The van der Waals surface area contributed by atoms with Crippen LogP contribution in [-0.2, 0) is 33.3 Å². The molecule has 0 radical (unpaired) electrons. The fraction of sp³-hybridized carbons (Fsp3) is 0.233. The Bertz CT molecular complexity index is 1700. The second-order valence-corrected chi connectivity index (χ2v) is 9.67. The van der Waals surface area contributed by atoms with E-state index in [0.717, 1.165) is 17.7 Å². The van der Waals surface area contributed by atoms with Crippen molar-refractivity contribution in [2.45, 2.75) is 39.3 Å². The number of ether oxygens (including phenoxy) is 1. The molecule has 0 bridgehead atoms. The Morgan fingerprint density at radius 3 is 2.54 bits per heavy atom. The molecule has 0 atom stereocenters. The summed E-state index contributed by atoms with van der Waals surface area (Å²) in [6, 6.07) is 12.0. The summed E-state index contributed by atoms with van der Waals surface area (Å²) >= 11 is 6.25. The van der Waals surface area contributed by atoms with E-state index in [9.17, 15) is 31.9 Å². The fourth-order valence-electron chi connectivity index (χ4n) is 4.44. The molecule has 0 spiro atoms. The molecule has 0 aliphatic heterocycles. The molecule has 0 saturated heterocycles. The Labute approximate surface area is 236 Å². The van der Waals surface area contributed by atoms with Crippen LogP contribution in [-0.4, -0.2) is 18.5 Å². The van der Waals surface area contributed by atoms with Crippen LogP contribution in [0.5, 0.6) is 0 Å². The van der Waals surface area contributed by atoms with Crippen LogP contribution >= 0.6 is 11.6 Å². The summed E-state index contributed by atoms with van der Waals surface area (Å²) in [6.45, 7) is 3.70. The molecule has 0 fully saturated rings. The number of carbonyl (C=O) groups is 2. The van der Waals surface area contributed by atoms with Crippen LogP contribution in [0.25, 0.3) is 22.1 Å². The molecule has 214 valence electrons. The SMILES string of the molecule is CCOC(=O)CCc1cccc(-c2c(CC(=O)Nc3ccc(F)cc3C(F)(F)F)c(=O)oc3cc(Cl)c(C)cc23)c1. The lowest BCUT2D eigenvalue weighted by molar-refractivity contribution is -0.143. The highest BCUT2D eigenvalue weighted by atomic mass is 35.5. The maximum Gasteiger partial charge on any atom is 0.418 e. The molecule has 1 N–H and O–H groups in total. The quantitative estimate of drug-likeness (QED) is 0.133. The number of alkyl halides is 3. The lowest BCUT2D eigenvalue weighted by Gasteiger charge is -2.16. The van der Waals surface area contributed by atoms with Crippen LogP contribution in [0.3, 0.4) is 0 Å². The van der Waals surface area contributed by atoms with Gasteiger partial charge in [0.2, 0.25) is 5.91 Å². The van der Waals surface area contributed by atoms with E-state index in [0.29, 0.717) is 33.5 Å². The summed E-state index contributed by atoms with van der Waals surface area (Å²) < 4.78 is 64.4. The minimum Gasteiger partial charge on any atom is -0.466 e. The lowest BCUT2D eigenvalue weighted by Crippen LogP contribution is -2.22. The highest BCUT2D eigenvalue weighted by molar-refractivity contribution is 6.32. The van der Waals surface area contributed by atoms with Gasteiger partial charge in [-0.2, -0.15) is 13.2 Å². The van der Waals surface area contributed by atoms with Gasteiger partial charge in [-0.05, 0) is 61.2 Å². The van der Waals surface area contributed by atoms with Crippen molar-refractivity contribution in [1.82, 2.24) is 0 Å². The molecule has 0 aliphatic rings. The first-order valence-corrected chi connectivity index (χ1v) is 12.9. The number of halogens is 5. The van der Waals surface area contributed by atoms with Crippen LogP contribution in [0, 0.1) is 12.7 Å². The predicted octanol–water partition coefficient (Wildman–Crippen LogP) is 7.26. The molecule has 4 aromatic rings. The number of nitrogens with one attached hydrogen (secondary N) is 1. The van der Waals surface area contributed by atoms with Crippen molar-refractivity contribution in [3.05, 3.63) is 98.1 Å². The lowest BCUT2D eigenvalue weighted by atomic mass is 9.92. The van der Waals surface area contributed by atoms with E-state index in [1.165, 1.54) is 6.07 Å². The number of amides is 1. The number of fused-ring (bicyclic) bond motifs is 1. The molecule has 6 nitrogen and oxygen atoms in total. The zero-order valence-electron chi connectivity index (χ0n) is 22.0. The van der Waals surface area contributed by atoms with Crippen LogP contribution < -0.4 is 10.9 Å². The van der Waals surface area contributed by atoms with Crippen LogP contribution in [0.2, 0.25) is 5.02 Å². The minimum atomic E-state index is -4.93. The van der Waals surface area contributed by atoms with E-state index in [1.54, 1.807) is 44.2 Å². The zero-order valence-corrected chi connectivity index (χ0v) is 22.7. The minimum absolute atomic E-state index is 0.102. The predicted molar refractivity (Wildman–Crippen MR) is 146 cm³/mol. The van der Waals surface area contributed by atoms with Gasteiger partial charge in [-0.1, -0.05) is 35.9 Å². The van der Waals surface area contributed by atoms with Gasteiger partial charge in [0.25, 0.3) is 0 Å². The molecule has 0 unspecified atom stereocenters. The number of hydrogen-bond donors (Lipinski definition) is 1. The third kappa shape index (κ3) is 6.94. The summed E-state index contributed by atoms with van der Waals surface area (Å²) in [5.41, 5.74) is -0.589. The van der Waals surface area contributed by atoms with Gasteiger partial charge in [0.1, 0.15) is 11.4 Å². The van der Waals surface area contributed by atoms with Crippen molar-refractivity contribution in [2.75, 3.05) is 11.9 Å². The molecule has 4 rings (SSSR count). The average molecular weight is 590 g/mol. The van der Waals surface area contributed by atoms with E-state index >= 15 is 0 Å². The first-order valence-electron chi connectivity index (χ1n) is 12.5. The van der Waals surface area contributed by atoms with Gasteiger partial charge in [-0.15, -0.1) is 0 Å². The first kappa shape index (κ1) is 29.8. The summed E-state index contributed by atoms with van der Waals surface area (Å²) in [7, 11) is 0. The Kier molecular flexibility index (Phi) is 8.82. The highest BCUT2D eigenvalue weighted by Crippen LogP contribution is 2.37. The van der Waals surface area contributed by atoms with Crippen molar-refractivity contribution in [2.24, 2.45) is 0 Å². The molecular weight excluding hydrogens is 566 g/mol. The smallest absolute Gasteiger partial charge is 0.418 e. The van der Waals surface area contributed by atoms with E-state index in [4.69, 9.17) is 20.8 Å². The second kappa shape index (κ2) is 12.1. The topological polar surface area (TPSA) is 85.6 Å². The highest BCUT2D eigenvalue weighted by Gasteiger charge is 2.34. The number of benzene rings is 3. The average Bonchev–Trinajstić information content (AvgIpc) is 2.90. The second-order valence-electron chi connectivity index (χ2n) is 9.26. The molecule has 1 aromatic heterocycles. The van der Waals surface area contributed by atoms with Gasteiger partial charge in [-0.3, -0.25) is 9.59 Å². The number of anilines is 1. The molecule has 11 heteroatoms. The summed E-state index contributed by atoms with van der Waals surface area (Å²) in [5, 5.41) is 2.94. The van der Waals surface area contributed by atoms with Crippen molar-refractivity contribution in [3.8, 4) is 11.1 Å². The van der Waals surface area contributed by atoms with Gasteiger partial charge < -0.3 is 14.5 Å². The van der Waals surface area contributed by atoms with E-state index in [2.05, 4.69) is 5.32 Å². The van der Waals surface area contributed by atoms with Crippen LogP contribution in [0.15, 0.2) is 63.8 Å². The maximum absolute atomic E-state index is 13.5. The number of hydrogen-bond acceptors (Lipinski definition) is 5. The number of rotatable bonds is 8. The molecule has 0 saturated carbocycles. The molecule has 1 heterocycles. The Morgan fingerprint density at radius 1 is 1.07 bits per heavy atom. The molecular formula is C30H24ClF4NO5. The van der Waals surface area contributed by atoms with Crippen molar-refractivity contribution in [1.29, 1.82) is 0 Å². The Balaban J connectivity index is 1.79. The van der Waals surface area contributed by atoms with Crippen LogP contribution in [0.4, 0.5) is 23.2 Å². The Morgan fingerprint density at radius 2 is 1.83 bits per heavy atom. The number of aryl methyl sites for hydroxylation is 2. The summed E-state index contributed by atoms with van der Waals surface area (Å²) in [4.78, 5) is 38.1. The van der Waals surface area contributed by atoms with Gasteiger partial charge in [-0.25, -0.2) is 9.18 Å². The first-order chi connectivity index (χ1) is 19.4. The van der Waals surface area contributed by atoms with Crippen molar-refractivity contribution >= 4 is 40.1 Å². The summed E-state index contributed by atoms with van der Waals surface area (Å²) in [5.74, 6) is -2.44. The molecule has 41 heavy (non-hydrogen) atoms. The number of carbonyl (C=O) groups excluding carboxylic acids is 2. The zero-order chi connectivity index (χ0) is 29.9. The number of esters is 1. The van der Waals surface area contributed by atoms with Crippen molar-refractivity contribution < 1.29 is 36.3 Å². The molecule has 0 aliphatic carbocycles. The summed E-state index contributed by atoms with van der Waals surface area (Å²) in [6.07, 6.45) is -5.11. The van der Waals surface area contributed by atoms with E-state index in [1.807, 2.05) is 0 Å². The third-order valence-electron chi connectivity index (χ3n) is 6.32. The standard InChI is InChI=1S/C30H24ClF4NO5/c1-3-40-27(38)10-7-17-5-4-6-18(12-17)28-20-11-16(2)23(31)15-25(20)41-29(39)21(28)14-26(37)36-24-9-8-19(32)13-22(24)30(33,34)35/h4-6,8-9,11-13,15H,3,7,10,14H2,1-2H3,(H,36,37). The largest absolute Gasteiger partial charge is 0.466 e. The normalized spacial score (nSPS) is 11.5. The van der Waals surface area contributed by atoms with Crippen molar-refractivity contribution in [3.63, 3.8) is 0 Å². The van der Waals surface area contributed by atoms with E-state index < -0.39 is 41.2 Å². The monoisotopic (exact) mass is 589 g/mol. The van der Waals surface area contributed by atoms with Gasteiger partial charge in [0, 0.05) is 28.5 Å².